The Kier molecular flexibility index (Phi) is 4.42. The van der Waals surface area contributed by atoms with Crippen LogP contribution in [0.3, 0.4) is 0 Å². The van der Waals surface area contributed by atoms with E-state index in [0.29, 0.717) is 4.60 Å². The number of nitrogens with zero attached hydrogens (tertiary/aromatic N) is 1. The number of likely N-dealkylation sites (N-methyl/N-ethyl adjacent to an activating group) is 1. The third-order valence-electron chi connectivity index (χ3n) is 1.94. The van der Waals surface area contributed by atoms with Gasteiger partial charge in [-0.3, -0.25) is 9.59 Å². The van der Waals surface area contributed by atoms with E-state index >= 15 is 0 Å². The molecular weight excluding hydrogens is 274 g/mol. The van der Waals surface area contributed by atoms with Crippen molar-refractivity contribution in [1.29, 1.82) is 0 Å². The van der Waals surface area contributed by atoms with Gasteiger partial charge in [0.2, 0.25) is 5.91 Å². The van der Waals surface area contributed by atoms with E-state index in [2.05, 4.69) is 31.5 Å². The summed E-state index contributed by atoms with van der Waals surface area (Å²) in [4.78, 5) is 26.8. The van der Waals surface area contributed by atoms with Crippen molar-refractivity contribution in [2.24, 2.45) is 0 Å². The molecule has 0 aliphatic heterocycles. The van der Waals surface area contributed by atoms with Crippen LogP contribution in [0.1, 0.15) is 17.4 Å². The van der Waals surface area contributed by atoms with Crippen molar-refractivity contribution in [3.8, 4) is 0 Å². The smallest absolute Gasteiger partial charge is 0.270 e. The summed E-state index contributed by atoms with van der Waals surface area (Å²) in [5.74, 6) is -0.624. The Labute approximate surface area is 102 Å². The van der Waals surface area contributed by atoms with Crippen LogP contribution < -0.4 is 10.6 Å². The first-order chi connectivity index (χ1) is 7.54. The quantitative estimate of drug-likeness (QED) is 0.804. The van der Waals surface area contributed by atoms with Gasteiger partial charge in [-0.2, -0.15) is 0 Å². The lowest BCUT2D eigenvalue weighted by molar-refractivity contribution is -0.122. The standard InChI is InChI=1S/C10H12BrN3O2/c1-6(9(15)12-2)13-10(16)7-4-3-5-8(11)14-7/h3-6H,1-2H3,(H,12,15)(H,13,16). The molecule has 0 bridgehead atoms. The summed E-state index contributed by atoms with van der Waals surface area (Å²) in [5.41, 5.74) is 0.269. The zero-order valence-corrected chi connectivity index (χ0v) is 10.5. The van der Waals surface area contributed by atoms with Gasteiger partial charge in [0, 0.05) is 7.05 Å². The maximum Gasteiger partial charge on any atom is 0.270 e. The van der Waals surface area contributed by atoms with Gasteiger partial charge in [0.05, 0.1) is 0 Å². The number of nitrogens with one attached hydrogen (secondary N) is 2. The van der Waals surface area contributed by atoms with Crippen molar-refractivity contribution >= 4 is 27.7 Å². The topological polar surface area (TPSA) is 71.1 Å². The number of hydrogen-bond donors (Lipinski definition) is 2. The molecule has 2 N–H and O–H groups in total. The lowest BCUT2D eigenvalue weighted by Gasteiger charge is -2.11. The number of pyridine rings is 1. The monoisotopic (exact) mass is 285 g/mol. The third-order valence-corrected chi connectivity index (χ3v) is 2.38. The van der Waals surface area contributed by atoms with Crippen LogP contribution in [0, 0.1) is 0 Å². The highest BCUT2D eigenvalue weighted by Crippen LogP contribution is 2.06. The minimum Gasteiger partial charge on any atom is -0.357 e. The molecule has 1 aromatic heterocycles. The van der Waals surface area contributed by atoms with Crippen molar-refractivity contribution in [3.05, 3.63) is 28.5 Å². The number of amides is 2. The van der Waals surface area contributed by atoms with Crippen LogP contribution in [0.4, 0.5) is 0 Å². The predicted molar refractivity (Wildman–Crippen MR) is 62.9 cm³/mol. The van der Waals surface area contributed by atoms with Crippen molar-refractivity contribution in [1.82, 2.24) is 15.6 Å². The first-order valence-corrected chi connectivity index (χ1v) is 5.49. The van der Waals surface area contributed by atoms with E-state index < -0.39 is 6.04 Å². The highest BCUT2D eigenvalue weighted by Gasteiger charge is 2.15. The molecule has 0 saturated heterocycles. The number of carbonyl (C=O) groups excluding carboxylic acids is 2. The Morgan fingerprint density at radius 3 is 2.69 bits per heavy atom. The Morgan fingerprint density at radius 2 is 2.12 bits per heavy atom. The molecule has 2 amide bonds. The minimum atomic E-state index is -0.585. The van der Waals surface area contributed by atoms with Crippen LogP contribution >= 0.6 is 15.9 Å². The summed E-state index contributed by atoms with van der Waals surface area (Å²) < 4.78 is 0.577. The van der Waals surface area contributed by atoms with Crippen LogP contribution in [0.5, 0.6) is 0 Å². The molecule has 1 unspecified atom stereocenters. The average molecular weight is 286 g/mol. The van der Waals surface area contributed by atoms with E-state index in [1.54, 1.807) is 25.1 Å². The van der Waals surface area contributed by atoms with Gasteiger partial charge < -0.3 is 10.6 Å². The van der Waals surface area contributed by atoms with Crippen LogP contribution in [0.15, 0.2) is 22.8 Å². The molecule has 0 aromatic carbocycles. The zero-order valence-electron chi connectivity index (χ0n) is 8.95. The number of hydrogen-bond acceptors (Lipinski definition) is 3. The normalized spacial score (nSPS) is 11.7. The van der Waals surface area contributed by atoms with Crippen LogP contribution in [0.2, 0.25) is 0 Å². The minimum absolute atomic E-state index is 0.247. The van der Waals surface area contributed by atoms with Gasteiger partial charge in [-0.05, 0) is 35.0 Å². The fourth-order valence-electron chi connectivity index (χ4n) is 1.09. The van der Waals surface area contributed by atoms with Gasteiger partial charge in [-0.15, -0.1) is 0 Å². The van der Waals surface area contributed by atoms with E-state index in [0.717, 1.165) is 0 Å². The van der Waals surface area contributed by atoms with Gasteiger partial charge >= 0.3 is 0 Å². The van der Waals surface area contributed by atoms with Crippen LogP contribution in [0.25, 0.3) is 0 Å². The summed E-state index contributed by atoms with van der Waals surface area (Å²) in [6.45, 7) is 1.61. The number of aromatic nitrogens is 1. The van der Waals surface area contributed by atoms with Crippen molar-refractivity contribution in [3.63, 3.8) is 0 Å². The summed E-state index contributed by atoms with van der Waals surface area (Å²) >= 11 is 3.17. The molecule has 0 spiro atoms. The molecule has 16 heavy (non-hydrogen) atoms. The van der Waals surface area contributed by atoms with Gasteiger partial charge in [-0.25, -0.2) is 4.98 Å². The van der Waals surface area contributed by atoms with E-state index in [1.165, 1.54) is 7.05 Å². The molecule has 1 rings (SSSR count). The van der Waals surface area contributed by atoms with Crippen molar-refractivity contribution < 1.29 is 9.59 Å². The number of rotatable bonds is 3. The summed E-state index contributed by atoms with van der Waals surface area (Å²) in [7, 11) is 1.52. The predicted octanol–water partition coefficient (Wildman–Crippen LogP) is 0.708. The second kappa shape index (κ2) is 5.60. The second-order valence-corrected chi connectivity index (χ2v) is 3.97. The summed E-state index contributed by atoms with van der Waals surface area (Å²) in [6.07, 6.45) is 0. The van der Waals surface area contributed by atoms with Crippen LogP contribution in [-0.4, -0.2) is 29.9 Å². The van der Waals surface area contributed by atoms with Crippen molar-refractivity contribution in [2.45, 2.75) is 13.0 Å². The fourth-order valence-corrected chi connectivity index (χ4v) is 1.43. The van der Waals surface area contributed by atoms with Crippen molar-refractivity contribution in [2.75, 3.05) is 7.05 Å². The SMILES string of the molecule is CNC(=O)C(C)NC(=O)c1cccc(Br)n1. The maximum atomic E-state index is 11.7. The van der Waals surface area contributed by atoms with E-state index in [4.69, 9.17) is 0 Å². The average Bonchev–Trinajstić information content (AvgIpc) is 2.27. The van der Waals surface area contributed by atoms with Gasteiger partial charge in [-0.1, -0.05) is 6.07 Å². The third kappa shape index (κ3) is 3.30. The molecule has 0 fully saturated rings. The van der Waals surface area contributed by atoms with Crippen LogP contribution in [-0.2, 0) is 4.79 Å². The molecule has 86 valence electrons. The molecule has 6 heteroatoms. The molecule has 1 heterocycles. The van der Waals surface area contributed by atoms with Gasteiger partial charge in [0.1, 0.15) is 16.3 Å². The molecular formula is C10H12BrN3O2. The zero-order chi connectivity index (χ0) is 12.1. The largest absolute Gasteiger partial charge is 0.357 e. The second-order valence-electron chi connectivity index (χ2n) is 3.15. The lowest BCUT2D eigenvalue weighted by Crippen LogP contribution is -2.43. The molecule has 0 aliphatic rings. The van der Waals surface area contributed by atoms with E-state index in [1.807, 2.05) is 0 Å². The highest BCUT2D eigenvalue weighted by atomic mass is 79.9. The Bertz CT molecular complexity index is 409. The van der Waals surface area contributed by atoms with Gasteiger partial charge in [0.15, 0.2) is 0 Å². The molecule has 0 aliphatic carbocycles. The molecule has 0 saturated carbocycles. The number of halogens is 1. The molecule has 0 radical (unpaired) electrons. The fraction of sp³-hybridized carbons (Fsp3) is 0.300. The van der Waals surface area contributed by atoms with E-state index in [-0.39, 0.29) is 17.5 Å². The number of carbonyl (C=O) groups is 2. The molecule has 1 atom stereocenters. The first kappa shape index (κ1) is 12.6. The Hall–Kier alpha value is -1.43. The maximum absolute atomic E-state index is 11.7. The van der Waals surface area contributed by atoms with E-state index in [9.17, 15) is 9.59 Å². The van der Waals surface area contributed by atoms with Gasteiger partial charge in [0.25, 0.3) is 5.91 Å². The Morgan fingerprint density at radius 1 is 1.44 bits per heavy atom. The summed E-state index contributed by atoms with van der Waals surface area (Å²) in [5, 5.41) is 4.99. The lowest BCUT2D eigenvalue weighted by atomic mass is 10.3. The molecule has 5 nitrogen and oxygen atoms in total. The molecule has 1 aromatic rings. The Balaban J connectivity index is 2.69. The highest BCUT2D eigenvalue weighted by molar-refractivity contribution is 9.10. The first-order valence-electron chi connectivity index (χ1n) is 4.69. The summed E-state index contributed by atoms with van der Waals surface area (Å²) in [6, 6.07) is 4.42.